The first kappa shape index (κ1) is 16.0. The number of hydrogen-bond donors (Lipinski definition) is 3. The lowest BCUT2D eigenvalue weighted by molar-refractivity contribution is -0.860. The van der Waals surface area contributed by atoms with Crippen molar-refractivity contribution >= 4 is 11.7 Å². The Kier molecular flexibility index (Phi) is 5.12. The maximum Gasteiger partial charge on any atom is 0.268 e. The number of nitrogens with one attached hydrogen (secondary N) is 3. The minimum atomic E-state index is -0.206. The number of ketones is 1. The maximum atomic E-state index is 12.4. The molecule has 116 valence electrons. The van der Waals surface area contributed by atoms with E-state index in [1.807, 2.05) is 44.4 Å². The van der Waals surface area contributed by atoms with Gasteiger partial charge in [-0.15, -0.1) is 0 Å². The summed E-state index contributed by atoms with van der Waals surface area (Å²) in [6.07, 6.45) is 1.56. The number of aromatic amines is 1. The van der Waals surface area contributed by atoms with Crippen LogP contribution in [0.15, 0.2) is 42.6 Å². The van der Waals surface area contributed by atoms with Gasteiger partial charge in [0.05, 0.1) is 14.1 Å². The smallest absolute Gasteiger partial charge is 0.268 e. The topological polar surface area (TPSA) is 66.4 Å². The Bertz CT molecular complexity index is 647. The number of benzene rings is 1. The van der Waals surface area contributed by atoms with Crippen LogP contribution in [-0.2, 0) is 0 Å². The van der Waals surface area contributed by atoms with Crippen molar-refractivity contribution in [2.45, 2.75) is 13.0 Å². The van der Waals surface area contributed by atoms with Crippen molar-refractivity contribution in [2.75, 3.05) is 20.6 Å². The van der Waals surface area contributed by atoms with Gasteiger partial charge >= 0.3 is 0 Å². The molecule has 1 aromatic heterocycles. The van der Waals surface area contributed by atoms with Crippen molar-refractivity contribution in [3.8, 4) is 0 Å². The molecular formula is C17H22N3O2+. The number of Topliss-reactive ketones (excluding diaryl/α,β-unsaturated/α-hetero) is 1. The van der Waals surface area contributed by atoms with Crippen LogP contribution in [0, 0.1) is 0 Å². The summed E-state index contributed by atoms with van der Waals surface area (Å²) in [6.45, 7) is 2.25. The van der Waals surface area contributed by atoms with Crippen molar-refractivity contribution in [3.63, 3.8) is 0 Å². The van der Waals surface area contributed by atoms with Crippen LogP contribution in [0.1, 0.15) is 39.4 Å². The lowest BCUT2D eigenvalue weighted by Gasteiger charge is -2.20. The van der Waals surface area contributed by atoms with E-state index in [9.17, 15) is 9.59 Å². The van der Waals surface area contributed by atoms with E-state index in [4.69, 9.17) is 0 Å². The average molecular weight is 300 g/mol. The van der Waals surface area contributed by atoms with Gasteiger partial charge < -0.3 is 15.2 Å². The predicted molar refractivity (Wildman–Crippen MR) is 85.1 cm³/mol. The molecule has 0 saturated heterocycles. The fourth-order valence-electron chi connectivity index (χ4n) is 2.31. The van der Waals surface area contributed by atoms with Crippen molar-refractivity contribution < 1.29 is 14.5 Å². The summed E-state index contributed by atoms with van der Waals surface area (Å²) in [5.41, 5.74) is 1.98. The van der Waals surface area contributed by atoms with Gasteiger partial charge in [-0.2, -0.15) is 0 Å². The Labute approximate surface area is 130 Å². The van der Waals surface area contributed by atoms with E-state index in [-0.39, 0.29) is 17.7 Å². The lowest BCUT2D eigenvalue weighted by atomic mass is 10.1. The highest BCUT2D eigenvalue weighted by Crippen LogP contribution is 2.12. The molecule has 0 bridgehead atoms. The van der Waals surface area contributed by atoms with E-state index in [1.165, 1.54) is 11.8 Å². The van der Waals surface area contributed by atoms with Gasteiger partial charge in [0.2, 0.25) is 0 Å². The SMILES string of the molecule is CC(=O)c1c[nH]c(C(=O)N[C@@H](C[NH+](C)C)c2ccccc2)c1. The molecule has 1 amide bonds. The third-order valence-corrected chi connectivity index (χ3v) is 3.45. The van der Waals surface area contributed by atoms with Crippen LogP contribution >= 0.6 is 0 Å². The van der Waals surface area contributed by atoms with Crippen LogP contribution in [0.3, 0.4) is 0 Å². The summed E-state index contributed by atoms with van der Waals surface area (Å²) in [6, 6.07) is 11.4. The van der Waals surface area contributed by atoms with E-state index >= 15 is 0 Å². The summed E-state index contributed by atoms with van der Waals surface area (Å²) in [5, 5.41) is 3.03. The summed E-state index contributed by atoms with van der Waals surface area (Å²) in [4.78, 5) is 27.8. The minimum Gasteiger partial charge on any atom is -0.356 e. The predicted octanol–water partition coefficient (Wildman–Crippen LogP) is 0.833. The van der Waals surface area contributed by atoms with Gasteiger partial charge in [-0.3, -0.25) is 9.59 Å². The number of amides is 1. The molecule has 1 heterocycles. The van der Waals surface area contributed by atoms with Gasteiger partial charge in [-0.25, -0.2) is 0 Å². The number of quaternary nitrogens is 1. The molecule has 0 fully saturated rings. The largest absolute Gasteiger partial charge is 0.356 e. The van der Waals surface area contributed by atoms with Crippen molar-refractivity contribution in [1.29, 1.82) is 0 Å². The minimum absolute atomic E-state index is 0.0624. The van der Waals surface area contributed by atoms with Crippen LogP contribution in [0.5, 0.6) is 0 Å². The monoisotopic (exact) mass is 300 g/mol. The number of hydrogen-bond acceptors (Lipinski definition) is 2. The average Bonchev–Trinajstić information content (AvgIpc) is 2.97. The Hall–Kier alpha value is -2.40. The Morgan fingerprint density at radius 2 is 1.91 bits per heavy atom. The van der Waals surface area contributed by atoms with Crippen molar-refractivity contribution in [1.82, 2.24) is 10.3 Å². The maximum absolute atomic E-state index is 12.4. The van der Waals surface area contributed by atoms with E-state index in [0.29, 0.717) is 11.3 Å². The Balaban J connectivity index is 2.15. The third kappa shape index (κ3) is 4.05. The molecule has 0 radical (unpaired) electrons. The number of aromatic nitrogens is 1. The molecule has 0 spiro atoms. The highest BCUT2D eigenvalue weighted by molar-refractivity contribution is 5.99. The van der Waals surface area contributed by atoms with Gasteiger partial charge in [-0.1, -0.05) is 30.3 Å². The number of carbonyl (C=O) groups excluding carboxylic acids is 2. The number of H-pyrrole nitrogens is 1. The van der Waals surface area contributed by atoms with E-state index in [0.717, 1.165) is 12.1 Å². The first-order chi connectivity index (χ1) is 10.5. The zero-order chi connectivity index (χ0) is 16.1. The molecule has 0 unspecified atom stereocenters. The van der Waals surface area contributed by atoms with Gasteiger partial charge in [0.25, 0.3) is 5.91 Å². The normalized spacial score (nSPS) is 12.2. The molecule has 0 saturated carbocycles. The first-order valence-electron chi connectivity index (χ1n) is 7.31. The summed E-state index contributed by atoms with van der Waals surface area (Å²) in [5.74, 6) is -0.268. The van der Waals surface area contributed by atoms with Crippen LogP contribution in [0.25, 0.3) is 0 Å². The summed E-state index contributed by atoms with van der Waals surface area (Å²) >= 11 is 0. The Morgan fingerprint density at radius 3 is 2.45 bits per heavy atom. The molecule has 2 aromatic rings. The second-order valence-corrected chi connectivity index (χ2v) is 5.71. The number of carbonyl (C=O) groups is 2. The molecule has 5 nitrogen and oxygen atoms in total. The highest BCUT2D eigenvalue weighted by Gasteiger charge is 2.19. The van der Waals surface area contributed by atoms with Gasteiger partial charge in [-0.05, 0) is 18.6 Å². The van der Waals surface area contributed by atoms with Crippen molar-refractivity contribution in [3.05, 3.63) is 59.4 Å². The molecule has 0 aliphatic heterocycles. The highest BCUT2D eigenvalue weighted by atomic mass is 16.2. The van der Waals surface area contributed by atoms with E-state index in [2.05, 4.69) is 10.3 Å². The summed E-state index contributed by atoms with van der Waals surface area (Å²) < 4.78 is 0. The van der Waals surface area contributed by atoms with Crippen LogP contribution in [-0.4, -0.2) is 37.3 Å². The fraction of sp³-hybridized carbons (Fsp3) is 0.294. The molecule has 1 aromatic carbocycles. The van der Waals surface area contributed by atoms with Gasteiger partial charge in [0.1, 0.15) is 18.3 Å². The van der Waals surface area contributed by atoms with Crippen LogP contribution in [0.4, 0.5) is 0 Å². The second-order valence-electron chi connectivity index (χ2n) is 5.71. The number of rotatable bonds is 6. The molecule has 2 rings (SSSR count). The molecule has 1 atom stereocenters. The molecule has 5 heteroatoms. The van der Waals surface area contributed by atoms with Crippen molar-refractivity contribution in [2.24, 2.45) is 0 Å². The quantitative estimate of drug-likeness (QED) is 0.692. The third-order valence-electron chi connectivity index (χ3n) is 3.45. The zero-order valence-corrected chi connectivity index (χ0v) is 13.1. The molecule has 22 heavy (non-hydrogen) atoms. The zero-order valence-electron chi connectivity index (χ0n) is 13.1. The van der Waals surface area contributed by atoms with E-state index < -0.39 is 0 Å². The molecular weight excluding hydrogens is 278 g/mol. The number of likely N-dealkylation sites (N-methyl/N-ethyl adjacent to an activating group) is 1. The second kappa shape index (κ2) is 7.04. The lowest BCUT2D eigenvalue weighted by Crippen LogP contribution is -3.06. The van der Waals surface area contributed by atoms with E-state index in [1.54, 1.807) is 12.3 Å². The standard InChI is InChI=1S/C17H21N3O2/c1-12(21)14-9-15(18-10-14)17(22)19-16(11-20(2)3)13-7-5-4-6-8-13/h4-10,16,18H,11H2,1-3H3,(H,19,22)/p+1/t16-/m0/s1. The molecule has 3 N–H and O–H groups in total. The first-order valence-corrected chi connectivity index (χ1v) is 7.31. The molecule has 0 aliphatic rings. The van der Waals surface area contributed by atoms with Gasteiger partial charge in [0, 0.05) is 11.8 Å². The van der Waals surface area contributed by atoms with Crippen LogP contribution < -0.4 is 10.2 Å². The van der Waals surface area contributed by atoms with Crippen LogP contribution in [0.2, 0.25) is 0 Å². The Morgan fingerprint density at radius 1 is 1.23 bits per heavy atom. The fourth-order valence-corrected chi connectivity index (χ4v) is 2.31. The molecule has 0 aliphatic carbocycles. The summed E-state index contributed by atoms with van der Waals surface area (Å²) in [7, 11) is 4.09. The van der Waals surface area contributed by atoms with Gasteiger partial charge in [0.15, 0.2) is 5.78 Å².